The van der Waals surface area contributed by atoms with Crippen LogP contribution in [0, 0.1) is 10.1 Å². The minimum atomic E-state index is -0.805. The predicted molar refractivity (Wildman–Crippen MR) is 140 cm³/mol. The van der Waals surface area contributed by atoms with Crippen LogP contribution in [0.2, 0.25) is 5.02 Å². The number of benzene rings is 3. The van der Waals surface area contributed by atoms with E-state index in [9.17, 15) is 19.7 Å². The Bertz CT molecular complexity index is 1220. The van der Waals surface area contributed by atoms with Crippen molar-refractivity contribution in [1.29, 1.82) is 0 Å². The third-order valence-electron chi connectivity index (χ3n) is 5.60. The van der Waals surface area contributed by atoms with Crippen molar-refractivity contribution in [1.82, 2.24) is 10.2 Å². The molecule has 0 spiro atoms. The second-order valence-electron chi connectivity index (χ2n) is 8.13. The number of nitro benzene ring substituents is 1. The molecule has 9 nitrogen and oxygen atoms in total. The first-order valence-electron chi connectivity index (χ1n) is 11.6. The number of hydrogen-bond acceptors (Lipinski definition) is 6. The normalized spacial score (nSPS) is 11.3. The lowest BCUT2D eigenvalue weighted by atomic mass is 10.0. The zero-order valence-corrected chi connectivity index (χ0v) is 21.3. The average molecular weight is 526 g/mol. The zero-order valence-electron chi connectivity index (χ0n) is 20.6. The van der Waals surface area contributed by atoms with Crippen LogP contribution in [0.5, 0.6) is 11.5 Å². The molecule has 2 amide bonds. The third-order valence-corrected chi connectivity index (χ3v) is 5.85. The predicted octanol–water partition coefficient (Wildman–Crippen LogP) is 4.41. The molecule has 0 fully saturated rings. The number of rotatable bonds is 12. The topological polar surface area (TPSA) is 111 Å². The van der Waals surface area contributed by atoms with Crippen LogP contribution in [-0.4, -0.2) is 47.9 Å². The highest BCUT2D eigenvalue weighted by molar-refractivity contribution is 6.30. The second-order valence-corrected chi connectivity index (χ2v) is 8.56. The van der Waals surface area contributed by atoms with Crippen molar-refractivity contribution in [2.75, 3.05) is 20.3 Å². The number of nitrogens with zero attached hydrogens (tertiary/aromatic N) is 2. The molecule has 0 aliphatic carbocycles. The van der Waals surface area contributed by atoms with Crippen LogP contribution in [0.4, 0.5) is 5.69 Å². The second kappa shape index (κ2) is 13.3. The molecule has 10 heteroatoms. The van der Waals surface area contributed by atoms with Gasteiger partial charge in [-0.2, -0.15) is 0 Å². The zero-order chi connectivity index (χ0) is 26.8. The van der Waals surface area contributed by atoms with Crippen LogP contribution in [-0.2, 0) is 22.6 Å². The molecule has 0 saturated heterocycles. The lowest BCUT2D eigenvalue weighted by molar-refractivity contribution is -0.385. The standard InChI is InChI=1S/C27H28ClN3O6/c1-3-29-27(33)24(15-19-7-5-4-6-8-19)30(17-20-9-11-21(28)12-10-20)26(32)18-37-22-13-14-23(31(34)35)25(16-22)36-2/h4-14,16,24H,3,15,17-18H2,1-2H3,(H,29,33). The van der Waals surface area contributed by atoms with Gasteiger partial charge >= 0.3 is 5.69 Å². The van der Waals surface area contributed by atoms with E-state index in [4.69, 9.17) is 21.1 Å². The minimum Gasteiger partial charge on any atom is -0.490 e. The van der Waals surface area contributed by atoms with Gasteiger partial charge in [-0.05, 0) is 36.2 Å². The number of methoxy groups -OCH3 is 1. The largest absolute Gasteiger partial charge is 0.490 e. The molecule has 0 aliphatic rings. The molecule has 0 aliphatic heterocycles. The summed E-state index contributed by atoms with van der Waals surface area (Å²) < 4.78 is 10.7. The molecule has 0 radical (unpaired) electrons. The van der Waals surface area contributed by atoms with Crippen molar-refractivity contribution < 1.29 is 24.0 Å². The number of ether oxygens (including phenoxy) is 2. The molecule has 3 rings (SSSR count). The summed E-state index contributed by atoms with van der Waals surface area (Å²) >= 11 is 6.03. The smallest absolute Gasteiger partial charge is 0.311 e. The molecule has 0 aromatic heterocycles. The van der Waals surface area contributed by atoms with E-state index in [0.717, 1.165) is 11.1 Å². The maximum absolute atomic E-state index is 13.5. The van der Waals surface area contributed by atoms with Crippen LogP contribution < -0.4 is 14.8 Å². The lowest BCUT2D eigenvalue weighted by Crippen LogP contribution is -2.51. The molecular weight excluding hydrogens is 498 g/mol. The van der Waals surface area contributed by atoms with Gasteiger partial charge in [0.2, 0.25) is 11.7 Å². The summed E-state index contributed by atoms with van der Waals surface area (Å²) in [5, 5.41) is 14.5. The SMILES string of the molecule is CCNC(=O)C(Cc1ccccc1)N(Cc1ccc(Cl)cc1)C(=O)COc1ccc([N+](=O)[O-])c(OC)c1. The Morgan fingerprint density at radius 2 is 1.76 bits per heavy atom. The van der Waals surface area contributed by atoms with E-state index < -0.39 is 16.9 Å². The quantitative estimate of drug-likeness (QED) is 0.277. The number of halogens is 1. The fourth-order valence-electron chi connectivity index (χ4n) is 3.76. The number of carbonyl (C=O) groups is 2. The molecule has 1 N–H and O–H groups in total. The van der Waals surface area contributed by atoms with Crippen molar-refractivity contribution in [2.45, 2.75) is 25.9 Å². The number of carbonyl (C=O) groups excluding carboxylic acids is 2. The Hall–Kier alpha value is -4.11. The summed E-state index contributed by atoms with van der Waals surface area (Å²) in [5.41, 5.74) is 1.47. The van der Waals surface area contributed by atoms with Gasteiger partial charge in [-0.25, -0.2) is 0 Å². The maximum Gasteiger partial charge on any atom is 0.311 e. The monoisotopic (exact) mass is 525 g/mol. The van der Waals surface area contributed by atoms with Crippen molar-refractivity contribution in [3.8, 4) is 11.5 Å². The molecular formula is C27H28ClN3O6. The molecule has 0 saturated carbocycles. The Kier molecular flexibility index (Phi) is 9.85. The van der Waals surface area contributed by atoms with Crippen molar-refractivity contribution in [3.63, 3.8) is 0 Å². The van der Waals surface area contributed by atoms with Crippen LogP contribution in [0.1, 0.15) is 18.1 Å². The summed E-state index contributed by atoms with van der Waals surface area (Å²) in [6.45, 7) is 1.98. The van der Waals surface area contributed by atoms with E-state index in [-0.39, 0.29) is 36.2 Å². The van der Waals surface area contributed by atoms with Gasteiger partial charge in [-0.3, -0.25) is 19.7 Å². The fourth-order valence-corrected chi connectivity index (χ4v) is 3.89. The van der Waals surface area contributed by atoms with Gasteiger partial charge in [0, 0.05) is 36.7 Å². The summed E-state index contributed by atoms with van der Waals surface area (Å²) in [4.78, 5) is 38.7. The van der Waals surface area contributed by atoms with Gasteiger partial charge in [0.1, 0.15) is 11.8 Å². The van der Waals surface area contributed by atoms with Crippen molar-refractivity contribution in [2.24, 2.45) is 0 Å². The van der Waals surface area contributed by atoms with Gasteiger partial charge < -0.3 is 19.7 Å². The number of likely N-dealkylation sites (N-methyl/N-ethyl adjacent to an activating group) is 1. The fraction of sp³-hybridized carbons (Fsp3) is 0.259. The van der Waals surface area contributed by atoms with E-state index >= 15 is 0 Å². The first kappa shape index (κ1) is 27.5. The van der Waals surface area contributed by atoms with Crippen LogP contribution in [0.3, 0.4) is 0 Å². The molecule has 37 heavy (non-hydrogen) atoms. The highest BCUT2D eigenvalue weighted by atomic mass is 35.5. The highest BCUT2D eigenvalue weighted by Gasteiger charge is 2.30. The summed E-state index contributed by atoms with van der Waals surface area (Å²) in [6, 6.07) is 19.6. The molecule has 0 bridgehead atoms. The number of amides is 2. The van der Waals surface area contributed by atoms with Crippen LogP contribution in [0.15, 0.2) is 72.8 Å². The van der Waals surface area contributed by atoms with E-state index in [1.54, 1.807) is 24.3 Å². The van der Waals surface area contributed by atoms with Gasteiger partial charge in [-0.15, -0.1) is 0 Å². The minimum absolute atomic E-state index is 0.0113. The third kappa shape index (κ3) is 7.68. The van der Waals surface area contributed by atoms with E-state index in [1.807, 2.05) is 37.3 Å². The molecule has 3 aromatic carbocycles. The van der Waals surface area contributed by atoms with Crippen LogP contribution >= 0.6 is 11.6 Å². The number of nitrogens with one attached hydrogen (secondary N) is 1. The average Bonchev–Trinajstić information content (AvgIpc) is 2.90. The van der Waals surface area contributed by atoms with E-state index in [0.29, 0.717) is 18.0 Å². The lowest BCUT2D eigenvalue weighted by Gasteiger charge is -2.31. The van der Waals surface area contributed by atoms with E-state index in [1.165, 1.54) is 30.2 Å². The Labute approximate surface area is 220 Å². The summed E-state index contributed by atoms with van der Waals surface area (Å²) in [5.74, 6) is -0.484. The van der Waals surface area contributed by atoms with Gasteiger partial charge in [0.25, 0.3) is 5.91 Å². The van der Waals surface area contributed by atoms with Gasteiger partial charge in [-0.1, -0.05) is 54.1 Å². The van der Waals surface area contributed by atoms with Crippen molar-refractivity contribution >= 4 is 29.1 Å². The molecule has 0 heterocycles. The maximum atomic E-state index is 13.5. The first-order chi connectivity index (χ1) is 17.8. The number of hydrogen-bond donors (Lipinski definition) is 1. The molecule has 1 atom stereocenters. The Morgan fingerprint density at radius 1 is 1.05 bits per heavy atom. The van der Waals surface area contributed by atoms with Gasteiger partial charge in [0.15, 0.2) is 6.61 Å². The van der Waals surface area contributed by atoms with Crippen molar-refractivity contribution in [3.05, 3.63) is 99.1 Å². The first-order valence-corrected chi connectivity index (χ1v) is 12.0. The molecule has 1 unspecified atom stereocenters. The van der Waals surface area contributed by atoms with E-state index in [2.05, 4.69) is 5.32 Å². The summed E-state index contributed by atoms with van der Waals surface area (Å²) in [7, 11) is 1.31. The highest BCUT2D eigenvalue weighted by Crippen LogP contribution is 2.30. The Balaban J connectivity index is 1.88. The van der Waals surface area contributed by atoms with Crippen LogP contribution in [0.25, 0.3) is 0 Å². The van der Waals surface area contributed by atoms with Gasteiger partial charge in [0.05, 0.1) is 12.0 Å². The molecule has 194 valence electrons. The molecule has 3 aromatic rings. The Morgan fingerprint density at radius 3 is 2.38 bits per heavy atom. The summed E-state index contributed by atoms with van der Waals surface area (Å²) in [6.07, 6.45) is 0.303. The number of nitro groups is 1.